The normalized spacial score (nSPS) is 12.1. The van der Waals surface area contributed by atoms with Crippen LogP contribution < -0.4 is 9.86 Å². The summed E-state index contributed by atoms with van der Waals surface area (Å²) in [5.41, 5.74) is 0.104. The molecule has 0 aliphatic carbocycles. The van der Waals surface area contributed by atoms with Gasteiger partial charge in [-0.3, -0.25) is 4.72 Å². The van der Waals surface area contributed by atoms with Crippen LogP contribution in [0, 0.1) is 5.82 Å². The number of nitrogens with two attached hydrogens (primary N) is 1. The van der Waals surface area contributed by atoms with E-state index in [1.54, 1.807) is 0 Å². The van der Waals surface area contributed by atoms with Gasteiger partial charge in [-0.25, -0.2) is 26.4 Å². The maximum atomic E-state index is 13.0. The summed E-state index contributed by atoms with van der Waals surface area (Å²) in [7, 11) is -7.91. The zero-order valence-electron chi connectivity index (χ0n) is 10.8. The number of halogens is 2. The summed E-state index contributed by atoms with van der Waals surface area (Å²) in [6.45, 7) is 0. The summed E-state index contributed by atoms with van der Waals surface area (Å²) in [5.74, 6) is -0.665. The molecule has 22 heavy (non-hydrogen) atoms. The van der Waals surface area contributed by atoms with Gasteiger partial charge in [-0.15, -0.1) is 0 Å². The molecule has 2 rings (SSSR count). The minimum Gasteiger partial charge on any atom is -0.280 e. The molecule has 0 fully saturated rings. The number of sulfonamides is 2. The van der Waals surface area contributed by atoms with E-state index in [-0.39, 0.29) is 20.5 Å². The Morgan fingerprint density at radius 1 is 1.00 bits per heavy atom. The Bertz CT molecular complexity index is 913. The SMILES string of the molecule is NS(=O)(=O)c1ccc(NS(=O)(=O)c2ccc(F)cc2Cl)cc1. The monoisotopic (exact) mass is 364 g/mol. The molecule has 0 atom stereocenters. The molecule has 0 spiro atoms. The van der Waals surface area contributed by atoms with Crippen LogP contribution in [0.2, 0.25) is 5.02 Å². The van der Waals surface area contributed by atoms with Crippen molar-refractivity contribution < 1.29 is 21.2 Å². The van der Waals surface area contributed by atoms with Crippen LogP contribution in [0.5, 0.6) is 0 Å². The third kappa shape index (κ3) is 3.74. The fraction of sp³-hybridized carbons (Fsp3) is 0. The number of anilines is 1. The average molecular weight is 365 g/mol. The first kappa shape index (κ1) is 16.7. The van der Waals surface area contributed by atoms with Crippen molar-refractivity contribution in [1.29, 1.82) is 0 Å². The van der Waals surface area contributed by atoms with Crippen LogP contribution in [0.15, 0.2) is 52.3 Å². The quantitative estimate of drug-likeness (QED) is 0.864. The van der Waals surface area contributed by atoms with Crippen LogP contribution in [0.1, 0.15) is 0 Å². The molecule has 2 aromatic carbocycles. The lowest BCUT2D eigenvalue weighted by Crippen LogP contribution is -2.14. The second-order valence-corrected chi connectivity index (χ2v) is 7.87. The number of rotatable bonds is 4. The van der Waals surface area contributed by atoms with Crippen LogP contribution >= 0.6 is 11.6 Å². The van der Waals surface area contributed by atoms with Crippen LogP contribution in [0.4, 0.5) is 10.1 Å². The van der Waals surface area contributed by atoms with Crippen molar-refractivity contribution in [2.24, 2.45) is 5.14 Å². The summed E-state index contributed by atoms with van der Waals surface area (Å²) < 4.78 is 61.7. The van der Waals surface area contributed by atoms with Crippen molar-refractivity contribution in [2.75, 3.05) is 4.72 Å². The van der Waals surface area contributed by atoms with Crippen molar-refractivity contribution in [3.63, 3.8) is 0 Å². The molecular formula is C12H10ClFN2O4S2. The van der Waals surface area contributed by atoms with Crippen LogP contribution in [-0.2, 0) is 20.0 Å². The zero-order chi connectivity index (χ0) is 16.5. The van der Waals surface area contributed by atoms with E-state index in [0.717, 1.165) is 30.3 Å². The molecule has 0 aliphatic heterocycles. The Morgan fingerprint density at radius 2 is 1.59 bits per heavy atom. The lowest BCUT2D eigenvalue weighted by Gasteiger charge is -2.10. The van der Waals surface area contributed by atoms with E-state index in [9.17, 15) is 21.2 Å². The summed E-state index contributed by atoms with van der Waals surface area (Å²) in [6.07, 6.45) is 0. The van der Waals surface area contributed by atoms with Gasteiger partial charge in [-0.05, 0) is 42.5 Å². The predicted molar refractivity (Wildman–Crippen MR) is 80.0 cm³/mol. The molecule has 0 bridgehead atoms. The van der Waals surface area contributed by atoms with Gasteiger partial charge in [0.1, 0.15) is 10.7 Å². The first-order valence-electron chi connectivity index (χ1n) is 5.70. The maximum absolute atomic E-state index is 13.0. The molecule has 0 aromatic heterocycles. The van der Waals surface area contributed by atoms with Gasteiger partial charge in [0.2, 0.25) is 10.0 Å². The smallest absolute Gasteiger partial charge is 0.263 e. The van der Waals surface area contributed by atoms with E-state index in [4.69, 9.17) is 16.7 Å². The number of hydrogen-bond donors (Lipinski definition) is 2. The zero-order valence-corrected chi connectivity index (χ0v) is 13.2. The lowest BCUT2D eigenvalue weighted by atomic mass is 10.3. The van der Waals surface area contributed by atoms with E-state index >= 15 is 0 Å². The minimum absolute atomic E-state index is 0.104. The average Bonchev–Trinajstić information content (AvgIpc) is 2.37. The topological polar surface area (TPSA) is 106 Å². The molecule has 0 radical (unpaired) electrons. The molecular weight excluding hydrogens is 355 g/mol. The first-order chi connectivity index (χ1) is 10.1. The highest BCUT2D eigenvalue weighted by Gasteiger charge is 2.19. The number of primary sulfonamides is 1. The Labute approximate surface area is 131 Å². The van der Waals surface area contributed by atoms with E-state index in [2.05, 4.69) is 4.72 Å². The second kappa shape index (κ2) is 5.84. The van der Waals surface area contributed by atoms with Crippen LogP contribution in [0.25, 0.3) is 0 Å². The van der Waals surface area contributed by atoms with Crippen molar-refractivity contribution in [1.82, 2.24) is 0 Å². The summed E-state index contributed by atoms with van der Waals surface area (Å²) in [6, 6.07) is 7.63. The standard InChI is InChI=1S/C12H10ClFN2O4S2/c13-11-7-8(14)1-6-12(11)22(19,20)16-9-2-4-10(5-3-9)21(15,17)18/h1-7,16H,(H2,15,17,18). The van der Waals surface area contributed by atoms with Gasteiger partial charge in [0.05, 0.1) is 9.92 Å². The van der Waals surface area contributed by atoms with Gasteiger partial charge < -0.3 is 0 Å². The Kier molecular flexibility index (Phi) is 4.43. The van der Waals surface area contributed by atoms with E-state index in [0.29, 0.717) is 0 Å². The highest BCUT2D eigenvalue weighted by molar-refractivity contribution is 7.92. The molecule has 2 aromatic rings. The molecule has 0 saturated carbocycles. The van der Waals surface area contributed by atoms with Gasteiger partial charge in [-0.2, -0.15) is 0 Å². The van der Waals surface area contributed by atoms with E-state index < -0.39 is 25.9 Å². The third-order valence-electron chi connectivity index (χ3n) is 2.62. The highest BCUT2D eigenvalue weighted by Crippen LogP contribution is 2.24. The molecule has 6 nitrogen and oxygen atoms in total. The predicted octanol–water partition coefficient (Wildman–Crippen LogP) is 1.93. The molecule has 0 amide bonds. The van der Waals surface area contributed by atoms with E-state index in [1.807, 2.05) is 0 Å². The molecule has 3 N–H and O–H groups in total. The minimum atomic E-state index is -4.04. The van der Waals surface area contributed by atoms with Crippen molar-refractivity contribution in [3.8, 4) is 0 Å². The number of hydrogen-bond acceptors (Lipinski definition) is 4. The molecule has 0 aliphatic rings. The molecule has 0 saturated heterocycles. The maximum Gasteiger partial charge on any atom is 0.263 e. The van der Waals surface area contributed by atoms with Crippen molar-refractivity contribution >= 4 is 37.3 Å². The molecule has 0 unspecified atom stereocenters. The Morgan fingerprint density at radius 3 is 2.09 bits per heavy atom. The van der Waals surface area contributed by atoms with Crippen LogP contribution in [-0.4, -0.2) is 16.8 Å². The van der Waals surface area contributed by atoms with Gasteiger partial charge in [-0.1, -0.05) is 11.6 Å². The van der Waals surface area contributed by atoms with Gasteiger partial charge in [0.15, 0.2) is 0 Å². The molecule has 10 heteroatoms. The van der Waals surface area contributed by atoms with E-state index in [1.165, 1.54) is 12.1 Å². The lowest BCUT2D eigenvalue weighted by molar-refractivity contribution is 0.597. The second-order valence-electron chi connectivity index (χ2n) is 4.25. The fourth-order valence-electron chi connectivity index (χ4n) is 1.62. The summed E-state index contributed by atoms with van der Waals surface area (Å²) in [5, 5.41) is 4.67. The van der Waals surface area contributed by atoms with Crippen LogP contribution in [0.3, 0.4) is 0 Å². The Balaban J connectivity index is 2.33. The third-order valence-corrected chi connectivity index (χ3v) is 5.41. The summed E-state index contributed by atoms with van der Waals surface area (Å²) >= 11 is 5.71. The number of benzene rings is 2. The molecule has 0 heterocycles. The van der Waals surface area contributed by atoms with Crippen molar-refractivity contribution in [3.05, 3.63) is 53.3 Å². The largest absolute Gasteiger partial charge is 0.280 e. The Hall–Kier alpha value is -1.68. The highest BCUT2D eigenvalue weighted by atomic mass is 35.5. The van der Waals surface area contributed by atoms with Gasteiger partial charge in [0.25, 0.3) is 10.0 Å². The van der Waals surface area contributed by atoms with Crippen molar-refractivity contribution in [2.45, 2.75) is 9.79 Å². The first-order valence-corrected chi connectivity index (χ1v) is 9.11. The van der Waals surface area contributed by atoms with Gasteiger partial charge in [0, 0.05) is 5.69 Å². The summed E-state index contributed by atoms with van der Waals surface area (Å²) in [4.78, 5) is -0.457. The van der Waals surface area contributed by atoms with Gasteiger partial charge >= 0.3 is 0 Å². The fourth-order valence-corrected chi connectivity index (χ4v) is 3.72. The molecule has 118 valence electrons. The number of nitrogens with one attached hydrogen (secondary N) is 1.